The minimum absolute atomic E-state index is 0.0936. The summed E-state index contributed by atoms with van der Waals surface area (Å²) < 4.78 is 25.8. The van der Waals surface area contributed by atoms with E-state index in [4.69, 9.17) is 5.73 Å². The van der Waals surface area contributed by atoms with Crippen LogP contribution in [0.1, 0.15) is 10.6 Å². The largest absolute Gasteiger partial charge is 0.398 e. The van der Waals surface area contributed by atoms with Crippen molar-refractivity contribution in [2.45, 2.75) is 18.4 Å². The second-order valence-electron chi connectivity index (χ2n) is 4.65. The molecule has 0 aliphatic rings. The second-order valence-corrected chi connectivity index (χ2v) is 7.44. The Morgan fingerprint density at radius 1 is 1.43 bits per heavy atom. The average Bonchev–Trinajstić information content (AvgIpc) is 2.83. The molecule has 0 radical (unpaired) electrons. The third-order valence-corrected chi connectivity index (χ3v) is 5.63. The zero-order chi connectivity index (χ0) is 15.6. The lowest BCUT2D eigenvalue weighted by molar-refractivity contribution is 0.588. The maximum absolute atomic E-state index is 11.8. The highest BCUT2D eigenvalue weighted by Gasteiger charge is 2.16. The van der Waals surface area contributed by atoms with Crippen LogP contribution in [0.2, 0.25) is 0 Å². The van der Waals surface area contributed by atoms with Crippen LogP contribution in [0.25, 0.3) is 0 Å². The number of nitrogen functional groups attached to an aromatic ring is 1. The van der Waals surface area contributed by atoms with E-state index in [0.29, 0.717) is 6.54 Å². The molecule has 0 saturated heterocycles. The first-order valence-electron chi connectivity index (χ1n) is 6.28. The minimum Gasteiger partial charge on any atom is -0.398 e. The molecule has 1 aromatic carbocycles. The van der Waals surface area contributed by atoms with Crippen molar-refractivity contribution in [2.24, 2.45) is 0 Å². The van der Waals surface area contributed by atoms with Crippen molar-refractivity contribution in [2.75, 3.05) is 24.7 Å². The van der Waals surface area contributed by atoms with Crippen LogP contribution in [0, 0.1) is 6.92 Å². The Hall–Kier alpha value is -1.64. The predicted octanol–water partition coefficient (Wildman–Crippen LogP) is 1.58. The first-order chi connectivity index (χ1) is 9.85. The van der Waals surface area contributed by atoms with Crippen LogP contribution in [0.3, 0.4) is 0 Å². The molecule has 0 amide bonds. The van der Waals surface area contributed by atoms with Gasteiger partial charge in [-0.2, -0.15) is 0 Å². The maximum Gasteiger partial charge on any atom is 0.242 e. The van der Waals surface area contributed by atoms with Gasteiger partial charge in [0.2, 0.25) is 10.0 Å². The lowest BCUT2D eigenvalue weighted by Crippen LogP contribution is -2.21. The number of hydrogen-bond donors (Lipinski definition) is 2. The summed E-state index contributed by atoms with van der Waals surface area (Å²) in [6.45, 7) is 2.67. The van der Waals surface area contributed by atoms with Crippen LogP contribution >= 0.6 is 11.3 Å². The Kier molecular flexibility index (Phi) is 4.50. The molecule has 2 rings (SSSR count). The van der Waals surface area contributed by atoms with E-state index in [1.807, 2.05) is 24.4 Å². The van der Waals surface area contributed by atoms with Gasteiger partial charge in [0.05, 0.1) is 23.4 Å². The summed E-state index contributed by atoms with van der Waals surface area (Å²) in [7, 11) is -0.236. The fourth-order valence-electron chi connectivity index (χ4n) is 1.91. The molecule has 0 aliphatic carbocycles. The number of aromatic nitrogens is 1. The van der Waals surface area contributed by atoms with Gasteiger partial charge in [-0.1, -0.05) is 0 Å². The molecule has 0 atom stereocenters. The summed E-state index contributed by atoms with van der Waals surface area (Å²) in [5.74, 6) is 0. The quantitative estimate of drug-likeness (QED) is 0.814. The van der Waals surface area contributed by atoms with Crippen LogP contribution in [0.15, 0.2) is 28.6 Å². The van der Waals surface area contributed by atoms with Crippen LogP contribution in [-0.2, 0) is 16.6 Å². The highest BCUT2D eigenvalue weighted by atomic mass is 32.2. The van der Waals surface area contributed by atoms with Crippen LogP contribution in [0.4, 0.5) is 11.4 Å². The first-order valence-corrected chi connectivity index (χ1v) is 8.64. The SMILES string of the molecule is CNS(=O)(=O)c1ccc(N(C)Cc2scnc2C)cc1N. The monoisotopic (exact) mass is 326 g/mol. The van der Waals surface area contributed by atoms with Crippen LogP contribution in [0.5, 0.6) is 0 Å². The molecule has 1 aromatic heterocycles. The van der Waals surface area contributed by atoms with Crippen molar-refractivity contribution >= 4 is 32.7 Å². The molecule has 6 nitrogen and oxygen atoms in total. The zero-order valence-corrected chi connectivity index (χ0v) is 13.8. The normalized spacial score (nSPS) is 11.6. The number of sulfonamides is 1. The van der Waals surface area contributed by atoms with Gasteiger partial charge >= 0.3 is 0 Å². The molecular formula is C13H18N4O2S2. The van der Waals surface area contributed by atoms with Gasteiger partial charge in [-0.15, -0.1) is 11.3 Å². The number of nitrogens with zero attached hydrogens (tertiary/aromatic N) is 2. The Morgan fingerprint density at radius 2 is 2.14 bits per heavy atom. The standard InChI is InChI=1S/C13H18N4O2S2/c1-9-12(20-8-16-9)7-17(3)10-4-5-13(11(14)6-10)21(18,19)15-2/h4-6,8,15H,7,14H2,1-3H3. The van der Waals surface area contributed by atoms with E-state index in [1.54, 1.807) is 23.5 Å². The maximum atomic E-state index is 11.8. The smallest absolute Gasteiger partial charge is 0.242 e. The van der Waals surface area contributed by atoms with E-state index >= 15 is 0 Å². The second kappa shape index (κ2) is 6.00. The van der Waals surface area contributed by atoms with Crippen LogP contribution in [-0.4, -0.2) is 27.5 Å². The molecule has 21 heavy (non-hydrogen) atoms. The topological polar surface area (TPSA) is 88.3 Å². The van der Waals surface area contributed by atoms with Gasteiger partial charge in [0, 0.05) is 17.6 Å². The van der Waals surface area contributed by atoms with Gasteiger partial charge in [0.25, 0.3) is 0 Å². The third kappa shape index (κ3) is 3.34. The highest BCUT2D eigenvalue weighted by molar-refractivity contribution is 7.89. The molecule has 0 fully saturated rings. The van der Waals surface area contributed by atoms with E-state index in [-0.39, 0.29) is 10.6 Å². The number of rotatable bonds is 5. The molecule has 0 unspecified atom stereocenters. The van der Waals surface area contributed by atoms with Gasteiger partial charge in [-0.3, -0.25) is 0 Å². The molecule has 1 heterocycles. The van der Waals surface area contributed by atoms with E-state index in [2.05, 4.69) is 9.71 Å². The molecule has 0 saturated carbocycles. The van der Waals surface area contributed by atoms with Crippen LogP contribution < -0.4 is 15.4 Å². The number of benzene rings is 1. The molecule has 0 spiro atoms. The molecule has 0 bridgehead atoms. The Labute approximate surface area is 128 Å². The van der Waals surface area contributed by atoms with Crippen molar-refractivity contribution in [3.8, 4) is 0 Å². The number of hydrogen-bond acceptors (Lipinski definition) is 6. The lowest BCUT2D eigenvalue weighted by atomic mass is 10.2. The van der Waals surface area contributed by atoms with Gasteiger partial charge in [-0.05, 0) is 32.2 Å². The van der Waals surface area contributed by atoms with Crippen molar-refractivity contribution < 1.29 is 8.42 Å². The van der Waals surface area contributed by atoms with E-state index in [0.717, 1.165) is 11.4 Å². The lowest BCUT2D eigenvalue weighted by Gasteiger charge is -2.20. The van der Waals surface area contributed by atoms with E-state index in [1.165, 1.54) is 18.0 Å². The summed E-state index contributed by atoms with van der Waals surface area (Å²) in [5.41, 5.74) is 9.78. The Morgan fingerprint density at radius 3 is 2.67 bits per heavy atom. The summed E-state index contributed by atoms with van der Waals surface area (Å²) in [4.78, 5) is 7.49. The highest BCUT2D eigenvalue weighted by Crippen LogP contribution is 2.26. The van der Waals surface area contributed by atoms with Gasteiger partial charge in [0.1, 0.15) is 4.90 Å². The van der Waals surface area contributed by atoms with Crippen molar-refractivity contribution in [3.05, 3.63) is 34.3 Å². The first kappa shape index (κ1) is 15.7. The Balaban J connectivity index is 2.26. The fraction of sp³-hybridized carbons (Fsp3) is 0.308. The van der Waals surface area contributed by atoms with E-state index in [9.17, 15) is 8.42 Å². The zero-order valence-electron chi connectivity index (χ0n) is 12.1. The van der Waals surface area contributed by atoms with Gasteiger partial charge in [-0.25, -0.2) is 18.1 Å². The number of anilines is 2. The van der Waals surface area contributed by atoms with Gasteiger partial charge in [0.15, 0.2) is 0 Å². The summed E-state index contributed by atoms with van der Waals surface area (Å²) in [6, 6.07) is 4.93. The predicted molar refractivity (Wildman–Crippen MR) is 86.1 cm³/mol. The number of nitrogens with one attached hydrogen (secondary N) is 1. The van der Waals surface area contributed by atoms with Crippen molar-refractivity contribution in [1.82, 2.24) is 9.71 Å². The molecule has 3 N–H and O–H groups in total. The molecular weight excluding hydrogens is 308 g/mol. The van der Waals surface area contributed by atoms with Crippen molar-refractivity contribution in [3.63, 3.8) is 0 Å². The molecule has 114 valence electrons. The molecule has 0 aliphatic heterocycles. The molecule has 8 heteroatoms. The van der Waals surface area contributed by atoms with Gasteiger partial charge < -0.3 is 10.6 Å². The Bertz CT molecular complexity index is 740. The molecule has 2 aromatic rings. The number of nitrogens with two attached hydrogens (primary N) is 1. The van der Waals surface area contributed by atoms with Crippen molar-refractivity contribution in [1.29, 1.82) is 0 Å². The third-order valence-electron chi connectivity index (χ3n) is 3.22. The number of thiazole rings is 1. The summed E-state index contributed by atoms with van der Waals surface area (Å²) in [6.07, 6.45) is 0. The van der Waals surface area contributed by atoms with E-state index < -0.39 is 10.0 Å². The summed E-state index contributed by atoms with van der Waals surface area (Å²) in [5, 5.41) is 0. The fourth-order valence-corrected chi connectivity index (χ4v) is 3.58. The number of aryl methyl sites for hydroxylation is 1. The average molecular weight is 326 g/mol. The minimum atomic E-state index is -3.53. The summed E-state index contributed by atoms with van der Waals surface area (Å²) >= 11 is 1.60.